The molecule has 50 valence electrons. The molecule has 1 nitrogen and oxygen atoms in total. The molecule has 0 unspecified atom stereocenters. The first-order chi connectivity index (χ1) is 4.34. The van der Waals surface area contributed by atoms with Crippen molar-refractivity contribution in [3.63, 3.8) is 0 Å². The molecule has 0 saturated carbocycles. The fraction of sp³-hybridized carbons (Fsp3) is 0.429. The summed E-state index contributed by atoms with van der Waals surface area (Å²) in [6.07, 6.45) is 2.99. The molecule has 9 heavy (non-hydrogen) atoms. The average Bonchev–Trinajstić information content (AvgIpc) is 2.18. The van der Waals surface area contributed by atoms with E-state index in [1.165, 1.54) is 5.69 Å². The summed E-state index contributed by atoms with van der Waals surface area (Å²) in [7, 11) is 2.03. The Balaban J connectivity index is 2.69. The van der Waals surface area contributed by atoms with Crippen LogP contribution in [0.1, 0.15) is 5.69 Å². The Kier molecular flexibility index (Phi) is 2.17. The molecule has 0 aliphatic rings. The second-order valence-corrected chi connectivity index (χ2v) is 2.43. The van der Waals surface area contributed by atoms with E-state index in [0.29, 0.717) is 5.88 Å². The van der Waals surface area contributed by atoms with Gasteiger partial charge in [-0.25, -0.2) is 0 Å². The molecule has 0 atom stereocenters. The van der Waals surface area contributed by atoms with Crippen LogP contribution in [-0.2, 0) is 13.5 Å². The fourth-order valence-corrected chi connectivity index (χ4v) is 1.05. The number of hydrogen-bond donors (Lipinski definition) is 0. The number of nitrogens with zero attached hydrogens (tertiary/aromatic N) is 1. The highest BCUT2D eigenvalue weighted by atomic mass is 35.5. The van der Waals surface area contributed by atoms with Gasteiger partial charge in [0.05, 0.1) is 0 Å². The minimum atomic E-state index is 0.706. The monoisotopic (exact) mass is 143 g/mol. The standard InChI is InChI=1S/C7H10ClN/c1-9-6-2-3-7(9)4-5-8/h2-3,6H,4-5H2,1H3. The lowest BCUT2D eigenvalue weighted by molar-refractivity contribution is 0.840. The zero-order valence-corrected chi connectivity index (χ0v) is 6.23. The molecular weight excluding hydrogens is 134 g/mol. The van der Waals surface area contributed by atoms with E-state index in [9.17, 15) is 0 Å². The smallest absolute Gasteiger partial charge is 0.0278 e. The molecule has 0 N–H and O–H groups in total. The number of alkyl halides is 1. The Morgan fingerprint density at radius 1 is 1.67 bits per heavy atom. The molecule has 1 heterocycles. The van der Waals surface area contributed by atoms with Gasteiger partial charge in [-0.05, 0) is 12.1 Å². The van der Waals surface area contributed by atoms with Gasteiger partial charge in [0.2, 0.25) is 0 Å². The van der Waals surface area contributed by atoms with Crippen molar-refractivity contribution in [2.24, 2.45) is 7.05 Å². The van der Waals surface area contributed by atoms with Gasteiger partial charge in [0.1, 0.15) is 0 Å². The summed E-state index contributed by atoms with van der Waals surface area (Å²) in [5, 5.41) is 0. The van der Waals surface area contributed by atoms with Crippen LogP contribution >= 0.6 is 11.6 Å². The van der Waals surface area contributed by atoms with Crippen molar-refractivity contribution >= 4 is 11.6 Å². The summed E-state index contributed by atoms with van der Waals surface area (Å²) in [5.41, 5.74) is 1.30. The minimum Gasteiger partial charge on any atom is -0.354 e. The third kappa shape index (κ3) is 1.49. The molecule has 0 bridgehead atoms. The van der Waals surface area contributed by atoms with Crippen LogP contribution in [0.5, 0.6) is 0 Å². The van der Waals surface area contributed by atoms with E-state index in [4.69, 9.17) is 11.6 Å². The van der Waals surface area contributed by atoms with E-state index in [2.05, 4.69) is 10.6 Å². The van der Waals surface area contributed by atoms with Gasteiger partial charge in [-0.2, -0.15) is 0 Å². The lowest BCUT2D eigenvalue weighted by Gasteiger charge is -1.97. The van der Waals surface area contributed by atoms with E-state index >= 15 is 0 Å². The second kappa shape index (κ2) is 2.92. The molecule has 0 aromatic carbocycles. The SMILES string of the molecule is Cn1cccc1CCCl. The summed E-state index contributed by atoms with van der Waals surface area (Å²) >= 11 is 5.55. The highest BCUT2D eigenvalue weighted by Crippen LogP contribution is 2.00. The molecular formula is C7H10ClN. The van der Waals surface area contributed by atoms with Crippen LogP contribution in [0.4, 0.5) is 0 Å². The third-order valence-electron chi connectivity index (χ3n) is 1.40. The van der Waals surface area contributed by atoms with Crippen LogP contribution in [0, 0.1) is 0 Å². The molecule has 0 aliphatic heterocycles. The van der Waals surface area contributed by atoms with Gasteiger partial charge in [0, 0.05) is 31.2 Å². The molecule has 1 aromatic heterocycles. The van der Waals surface area contributed by atoms with Crippen LogP contribution in [0.3, 0.4) is 0 Å². The van der Waals surface area contributed by atoms with Crippen LogP contribution in [0.25, 0.3) is 0 Å². The van der Waals surface area contributed by atoms with Crippen LogP contribution in [0.15, 0.2) is 18.3 Å². The zero-order valence-electron chi connectivity index (χ0n) is 5.47. The van der Waals surface area contributed by atoms with Gasteiger partial charge in [-0.1, -0.05) is 0 Å². The van der Waals surface area contributed by atoms with Crippen molar-refractivity contribution in [2.75, 3.05) is 5.88 Å². The number of halogens is 1. The summed E-state index contributed by atoms with van der Waals surface area (Å²) < 4.78 is 2.09. The van der Waals surface area contributed by atoms with Crippen molar-refractivity contribution in [1.29, 1.82) is 0 Å². The van der Waals surface area contributed by atoms with E-state index < -0.39 is 0 Å². The average molecular weight is 144 g/mol. The van der Waals surface area contributed by atoms with Crippen LogP contribution in [0.2, 0.25) is 0 Å². The van der Waals surface area contributed by atoms with Gasteiger partial charge in [-0.15, -0.1) is 11.6 Å². The lowest BCUT2D eigenvalue weighted by Crippen LogP contribution is -1.94. The summed E-state index contributed by atoms with van der Waals surface area (Å²) in [6.45, 7) is 0. The van der Waals surface area contributed by atoms with E-state index in [-0.39, 0.29) is 0 Å². The largest absolute Gasteiger partial charge is 0.354 e. The molecule has 0 fully saturated rings. The van der Waals surface area contributed by atoms with Crippen molar-refractivity contribution in [3.8, 4) is 0 Å². The maximum Gasteiger partial charge on any atom is 0.0278 e. The molecule has 0 spiro atoms. The third-order valence-corrected chi connectivity index (χ3v) is 1.59. The maximum absolute atomic E-state index is 5.55. The first-order valence-corrected chi connectivity index (χ1v) is 3.54. The Labute approximate surface area is 60.2 Å². The number of aromatic nitrogens is 1. The number of rotatable bonds is 2. The summed E-state index contributed by atoms with van der Waals surface area (Å²) in [4.78, 5) is 0. The second-order valence-electron chi connectivity index (χ2n) is 2.05. The van der Waals surface area contributed by atoms with Crippen molar-refractivity contribution in [3.05, 3.63) is 24.0 Å². The van der Waals surface area contributed by atoms with Crippen molar-refractivity contribution in [2.45, 2.75) is 6.42 Å². The molecule has 0 amide bonds. The summed E-state index contributed by atoms with van der Waals surface area (Å²) in [5.74, 6) is 0.706. The predicted octanol–water partition coefficient (Wildman–Crippen LogP) is 1.81. The Morgan fingerprint density at radius 2 is 2.44 bits per heavy atom. The van der Waals surface area contributed by atoms with Crippen molar-refractivity contribution < 1.29 is 0 Å². The Hall–Kier alpha value is -0.430. The highest BCUT2D eigenvalue weighted by Gasteiger charge is 1.92. The first kappa shape index (κ1) is 6.69. The molecule has 0 aliphatic carbocycles. The van der Waals surface area contributed by atoms with Gasteiger partial charge in [0.15, 0.2) is 0 Å². The van der Waals surface area contributed by atoms with E-state index in [1.54, 1.807) is 0 Å². The van der Waals surface area contributed by atoms with Crippen LogP contribution in [-0.4, -0.2) is 10.4 Å². The minimum absolute atomic E-state index is 0.706. The van der Waals surface area contributed by atoms with Gasteiger partial charge < -0.3 is 4.57 Å². The zero-order chi connectivity index (χ0) is 6.69. The van der Waals surface area contributed by atoms with E-state index in [1.807, 2.05) is 19.3 Å². The van der Waals surface area contributed by atoms with Crippen LogP contribution < -0.4 is 0 Å². The van der Waals surface area contributed by atoms with E-state index in [0.717, 1.165) is 6.42 Å². The highest BCUT2D eigenvalue weighted by molar-refractivity contribution is 6.17. The lowest BCUT2D eigenvalue weighted by atomic mass is 10.3. The molecule has 2 heteroatoms. The quantitative estimate of drug-likeness (QED) is 0.557. The first-order valence-electron chi connectivity index (χ1n) is 3.01. The number of hydrogen-bond acceptors (Lipinski definition) is 0. The van der Waals surface area contributed by atoms with Gasteiger partial charge in [-0.3, -0.25) is 0 Å². The molecule has 0 radical (unpaired) electrons. The predicted molar refractivity (Wildman–Crippen MR) is 39.8 cm³/mol. The van der Waals surface area contributed by atoms with Gasteiger partial charge >= 0.3 is 0 Å². The molecule has 1 aromatic rings. The molecule has 0 saturated heterocycles. The van der Waals surface area contributed by atoms with Gasteiger partial charge in [0.25, 0.3) is 0 Å². The topological polar surface area (TPSA) is 4.93 Å². The number of aryl methyl sites for hydroxylation is 2. The Bertz CT molecular complexity index is 181. The summed E-state index contributed by atoms with van der Waals surface area (Å²) in [6, 6.07) is 4.12. The van der Waals surface area contributed by atoms with Crippen molar-refractivity contribution in [1.82, 2.24) is 4.57 Å². The maximum atomic E-state index is 5.55. The fourth-order valence-electron chi connectivity index (χ4n) is 0.853. The molecule has 1 rings (SSSR count). The normalized spacial score (nSPS) is 10.0. The Morgan fingerprint density at radius 3 is 2.89 bits per heavy atom.